The zero-order chi connectivity index (χ0) is 45.1. The zero-order valence-electron chi connectivity index (χ0n) is 36.6. The van der Waals surface area contributed by atoms with Crippen LogP contribution in [0.1, 0.15) is 123 Å². The highest BCUT2D eigenvalue weighted by molar-refractivity contribution is 7.47. The molecular formula is C48H74NO11P. The van der Waals surface area contributed by atoms with E-state index in [1.807, 2.05) is 66.8 Å². The Balaban J connectivity index is 4.66. The average Bonchev–Trinajstić information content (AvgIpc) is 3.23. The van der Waals surface area contributed by atoms with E-state index >= 15 is 0 Å². The summed E-state index contributed by atoms with van der Waals surface area (Å²) in [5.74, 6) is -2.61. The van der Waals surface area contributed by atoms with Crippen LogP contribution < -0.4 is 5.73 Å². The first-order chi connectivity index (χ1) is 29.5. The van der Waals surface area contributed by atoms with Crippen LogP contribution in [-0.2, 0) is 37.5 Å². The summed E-state index contributed by atoms with van der Waals surface area (Å²) < 4.78 is 32.5. The van der Waals surface area contributed by atoms with Gasteiger partial charge in [0.1, 0.15) is 12.6 Å². The van der Waals surface area contributed by atoms with Crippen molar-refractivity contribution >= 4 is 25.7 Å². The molecule has 0 aliphatic carbocycles. The predicted octanol–water partition coefficient (Wildman–Crippen LogP) is 10.6. The van der Waals surface area contributed by atoms with Gasteiger partial charge in [0.25, 0.3) is 0 Å². The Hall–Kier alpha value is -4.16. The molecule has 0 radical (unpaired) electrons. The first-order valence-electron chi connectivity index (χ1n) is 21.7. The zero-order valence-corrected chi connectivity index (χ0v) is 37.4. The molecule has 12 nitrogen and oxygen atoms in total. The number of aliphatic carboxylic acids is 1. The second-order valence-electron chi connectivity index (χ2n) is 13.9. The number of nitrogens with two attached hydrogens (primary N) is 1. The van der Waals surface area contributed by atoms with Gasteiger partial charge in [-0.2, -0.15) is 0 Å². The quantitative estimate of drug-likeness (QED) is 0.0151. The molecule has 2 unspecified atom stereocenters. The van der Waals surface area contributed by atoms with E-state index in [1.54, 1.807) is 6.08 Å². The normalized spacial score (nSPS) is 15.4. The molecule has 0 amide bonds. The monoisotopic (exact) mass is 871 g/mol. The van der Waals surface area contributed by atoms with E-state index in [1.165, 1.54) is 19.3 Å². The largest absolute Gasteiger partial charge is 0.480 e. The Morgan fingerprint density at radius 2 is 1.13 bits per heavy atom. The topological polar surface area (TPSA) is 192 Å². The van der Waals surface area contributed by atoms with Crippen LogP contribution in [0.15, 0.2) is 122 Å². The standard InChI is InChI=1S/C48H74NO11P/c1-3-5-7-9-11-12-13-14-15-16-17-18-19-24-27-31-35-39-47(52)60-44(41-58-61(55,56)59-42-45(49)48(53)54)40-57-46(51)38-34-30-26-23-21-20-22-25-29-33-37-43(50)36-32-28-10-8-6-4-2/h6,8,11-12,14-15,17-18,20-21,24-30,32-33,37,43-45,50H,3-5,7,9-10,13,16,19,22-23,31,34-36,38-42,49H2,1-2H3,(H,53,54)(H,55,56)/b8-6-,12-11-,15-14-,18-17-,21-20-,27-24-,29-25-,30-26-,32-28-,37-33+/t43?,44-,45+/m1/s1. The maximum Gasteiger partial charge on any atom is 0.472 e. The van der Waals surface area contributed by atoms with E-state index in [0.29, 0.717) is 32.1 Å². The van der Waals surface area contributed by atoms with Crippen LogP contribution >= 0.6 is 7.82 Å². The highest BCUT2D eigenvalue weighted by Crippen LogP contribution is 2.43. The fraction of sp³-hybridized carbons (Fsp3) is 0.521. The van der Waals surface area contributed by atoms with Crippen molar-refractivity contribution in [2.45, 2.75) is 141 Å². The van der Waals surface area contributed by atoms with Gasteiger partial charge in [0.05, 0.1) is 19.3 Å². The van der Waals surface area contributed by atoms with Crippen LogP contribution in [0.5, 0.6) is 0 Å². The molecule has 5 N–H and O–H groups in total. The van der Waals surface area contributed by atoms with Gasteiger partial charge in [-0.05, 0) is 83.5 Å². The highest BCUT2D eigenvalue weighted by atomic mass is 31.2. The van der Waals surface area contributed by atoms with Crippen molar-refractivity contribution in [2.24, 2.45) is 5.73 Å². The molecule has 0 spiro atoms. The number of phosphoric ester groups is 1. The molecule has 0 aliphatic rings. The number of rotatable bonds is 38. The number of carbonyl (C=O) groups is 3. The molecule has 342 valence electrons. The molecule has 0 heterocycles. The molecule has 0 aromatic heterocycles. The van der Waals surface area contributed by atoms with Gasteiger partial charge in [-0.1, -0.05) is 148 Å². The van der Waals surface area contributed by atoms with Crippen molar-refractivity contribution in [3.8, 4) is 0 Å². The first kappa shape index (κ1) is 56.8. The summed E-state index contributed by atoms with van der Waals surface area (Å²) in [5, 5.41) is 18.9. The van der Waals surface area contributed by atoms with Crippen molar-refractivity contribution in [3.63, 3.8) is 0 Å². The van der Waals surface area contributed by atoms with Crippen LogP contribution in [0.4, 0.5) is 0 Å². The van der Waals surface area contributed by atoms with E-state index in [4.69, 9.17) is 24.8 Å². The maximum atomic E-state index is 12.6. The van der Waals surface area contributed by atoms with Gasteiger partial charge in [0, 0.05) is 12.8 Å². The Labute approximate surface area is 365 Å². The summed E-state index contributed by atoms with van der Waals surface area (Å²) in [4.78, 5) is 45.9. The Morgan fingerprint density at radius 3 is 1.72 bits per heavy atom. The Bertz CT molecular complexity index is 1510. The van der Waals surface area contributed by atoms with Gasteiger partial charge in [-0.3, -0.25) is 23.4 Å². The van der Waals surface area contributed by atoms with Gasteiger partial charge >= 0.3 is 25.7 Å². The molecule has 0 rings (SSSR count). The van der Waals surface area contributed by atoms with Crippen molar-refractivity contribution in [1.29, 1.82) is 0 Å². The van der Waals surface area contributed by atoms with E-state index in [9.17, 15) is 28.9 Å². The summed E-state index contributed by atoms with van der Waals surface area (Å²) >= 11 is 0. The minimum Gasteiger partial charge on any atom is -0.480 e. The number of allylic oxidation sites excluding steroid dienone is 18. The van der Waals surface area contributed by atoms with Crippen molar-refractivity contribution in [3.05, 3.63) is 122 Å². The first-order valence-corrected chi connectivity index (χ1v) is 23.2. The van der Waals surface area contributed by atoms with Gasteiger partial charge in [-0.25, -0.2) is 4.57 Å². The lowest BCUT2D eigenvalue weighted by molar-refractivity contribution is -0.161. The number of carboxylic acids is 1. The number of carbonyl (C=O) groups excluding carboxylic acids is 2. The minimum absolute atomic E-state index is 0.0513. The van der Waals surface area contributed by atoms with Gasteiger partial charge in [0.2, 0.25) is 0 Å². The maximum absolute atomic E-state index is 12.6. The highest BCUT2D eigenvalue weighted by Gasteiger charge is 2.28. The third-order valence-corrected chi connectivity index (χ3v) is 9.24. The molecule has 0 saturated heterocycles. The number of phosphoric acid groups is 1. The molecule has 0 fully saturated rings. The van der Waals surface area contributed by atoms with Crippen molar-refractivity contribution in [1.82, 2.24) is 0 Å². The van der Waals surface area contributed by atoms with Crippen LogP contribution in [0.2, 0.25) is 0 Å². The van der Waals surface area contributed by atoms with Crippen LogP contribution in [0.25, 0.3) is 0 Å². The SMILES string of the molecule is CC/C=C\C/C=C\CC(O)/C=C/C=C\C/C=C\C/C=C\CCC(=O)OC[C@H](COP(=O)(O)OC[C@H](N)C(=O)O)OC(=O)CCC/C=C\C/C=C\C/C=C\C/C=C\CCCCC. The van der Waals surface area contributed by atoms with E-state index in [2.05, 4.69) is 67.0 Å². The number of carboxylic acid groups (broad SMARTS) is 1. The predicted molar refractivity (Wildman–Crippen MR) is 245 cm³/mol. The molecular weight excluding hydrogens is 797 g/mol. The van der Waals surface area contributed by atoms with E-state index in [0.717, 1.165) is 44.9 Å². The molecule has 0 aromatic carbocycles. The molecule has 0 aliphatic heterocycles. The number of ether oxygens (including phenoxy) is 2. The van der Waals surface area contributed by atoms with Gasteiger partial charge < -0.3 is 30.3 Å². The van der Waals surface area contributed by atoms with Crippen LogP contribution in [0.3, 0.4) is 0 Å². The van der Waals surface area contributed by atoms with Gasteiger partial charge in [-0.15, -0.1) is 0 Å². The molecule has 0 saturated carbocycles. The number of hydrogen-bond acceptors (Lipinski definition) is 10. The molecule has 13 heteroatoms. The van der Waals surface area contributed by atoms with Crippen molar-refractivity contribution in [2.75, 3.05) is 19.8 Å². The lowest BCUT2D eigenvalue weighted by Crippen LogP contribution is -2.34. The summed E-state index contributed by atoms with van der Waals surface area (Å²) in [7, 11) is -4.77. The smallest absolute Gasteiger partial charge is 0.472 e. The van der Waals surface area contributed by atoms with Crippen LogP contribution in [-0.4, -0.2) is 71.1 Å². The average molecular weight is 872 g/mol. The summed E-state index contributed by atoms with van der Waals surface area (Å²) in [6.07, 6.45) is 51.7. The third-order valence-electron chi connectivity index (χ3n) is 8.29. The minimum atomic E-state index is -4.77. The third kappa shape index (κ3) is 41.0. The Kier molecular flexibility index (Phi) is 38.4. The number of aliphatic hydroxyl groups excluding tert-OH is 1. The summed E-state index contributed by atoms with van der Waals surface area (Å²) in [5.41, 5.74) is 5.32. The van der Waals surface area contributed by atoms with Crippen LogP contribution in [0, 0.1) is 0 Å². The molecule has 4 atom stereocenters. The summed E-state index contributed by atoms with van der Waals surface area (Å²) in [6, 6.07) is -1.55. The van der Waals surface area contributed by atoms with Crippen molar-refractivity contribution < 1.29 is 52.6 Å². The lowest BCUT2D eigenvalue weighted by Gasteiger charge is -2.20. The summed E-state index contributed by atoms with van der Waals surface area (Å²) in [6.45, 7) is 2.42. The Morgan fingerprint density at radius 1 is 0.607 bits per heavy atom. The van der Waals surface area contributed by atoms with E-state index < -0.39 is 63.8 Å². The molecule has 0 aromatic rings. The van der Waals surface area contributed by atoms with E-state index in [-0.39, 0.29) is 12.8 Å². The fourth-order valence-electron chi connectivity index (χ4n) is 4.87. The fourth-order valence-corrected chi connectivity index (χ4v) is 5.65. The number of unbranched alkanes of at least 4 members (excludes halogenated alkanes) is 4. The second-order valence-corrected chi connectivity index (χ2v) is 15.4. The molecule has 61 heavy (non-hydrogen) atoms. The van der Waals surface area contributed by atoms with Gasteiger partial charge in [0.15, 0.2) is 6.10 Å². The molecule has 0 bridgehead atoms. The number of hydrogen-bond donors (Lipinski definition) is 4. The lowest BCUT2D eigenvalue weighted by atomic mass is 10.2. The number of esters is 2. The number of aliphatic hydroxyl groups is 1. The second kappa shape index (κ2) is 41.2.